The molecule has 0 aromatic carbocycles. The van der Waals surface area contributed by atoms with E-state index < -0.39 is 0 Å². The highest BCUT2D eigenvalue weighted by atomic mass is 16.5. The molecule has 7 nitrogen and oxygen atoms in total. The number of aryl methyl sites for hydroxylation is 1. The first kappa shape index (κ1) is 16.2. The third kappa shape index (κ3) is 3.43. The number of amides is 1. The van der Waals surface area contributed by atoms with Gasteiger partial charge in [-0.3, -0.25) is 14.7 Å². The molecule has 2 aliphatic heterocycles. The SMILES string of the molecule is Cc1cc(C(=O)N2CC[C@@H]3OCCN(Cc4ccncc4)[C@H]3C2)no1. The molecule has 2 fully saturated rings. The zero-order valence-electron chi connectivity index (χ0n) is 14.3. The van der Waals surface area contributed by atoms with Crippen molar-refractivity contribution in [1.82, 2.24) is 19.9 Å². The number of likely N-dealkylation sites (tertiary alicyclic amines) is 1. The quantitative estimate of drug-likeness (QED) is 0.842. The van der Waals surface area contributed by atoms with Gasteiger partial charge in [-0.25, -0.2) is 0 Å². The van der Waals surface area contributed by atoms with Crippen LogP contribution in [0.5, 0.6) is 0 Å². The van der Waals surface area contributed by atoms with Crippen LogP contribution in [0.4, 0.5) is 0 Å². The van der Waals surface area contributed by atoms with E-state index in [0.717, 1.165) is 26.1 Å². The molecule has 25 heavy (non-hydrogen) atoms. The van der Waals surface area contributed by atoms with Gasteiger partial charge < -0.3 is 14.2 Å². The fourth-order valence-electron chi connectivity index (χ4n) is 3.67. The average Bonchev–Trinajstić information content (AvgIpc) is 3.08. The maximum absolute atomic E-state index is 12.7. The van der Waals surface area contributed by atoms with E-state index in [9.17, 15) is 4.79 Å². The summed E-state index contributed by atoms with van der Waals surface area (Å²) in [7, 11) is 0. The maximum atomic E-state index is 12.7. The Morgan fingerprint density at radius 2 is 2.16 bits per heavy atom. The first-order chi connectivity index (χ1) is 12.2. The Bertz CT molecular complexity index is 733. The number of carbonyl (C=O) groups is 1. The van der Waals surface area contributed by atoms with E-state index in [0.29, 0.717) is 24.5 Å². The lowest BCUT2D eigenvalue weighted by molar-refractivity contribution is -0.101. The monoisotopic (exact) mass is 342 g/mol. The summed E-state index contributed by atoms with van der Waals surface area (Å²) in [5.74, 6) is 0.586. The van der Waals surface area contributed by atoms with Gasteiger partial charge in [-0.1, -0.05) is 5.16 Å². The van der Waals surface area contributed by atoms with Crippen LogP contribution >= 0.6 is 0 Å². The fourth-order valence-corrected chi connectivity index (χ4v) is 3.67. The van der Waals surface area contributed by atoms with Gasteiger partial charge in [-0.05, 0) is 31.0 Å². The van der Waals surface area contributed by atoms with E-state index in [-0.39, 0.29) is 18.1 Å². The van der Waals surface area contributed by atoms with Crippen molar-refractivity contribution in [2.45, 2.75) is 32.0 Å². The first-order valence-corrected chi connectivity index (χ1v) is 8.68. The number of aromatic nitrogens is 2. The molecule has 1 amide bonds. The molecule has 132 valence electrons. The van der Waals surface area contributed by atoms with Crippen LogP contribution in [-0.2, 0) is 11.3 Å². The minimum Gasteiger partial charge on any atom is -0.375 e. The number of hydrogen-bond acceptors (Lipinski definition) is 6. The standard InChI is InChI=1S/C18H22N4O3/c1-13-10-15(20-25-13)18(23)22-7-4-17-16(12-22)21(8-9-24-17)11-14-2-5-19-6-3-14/h2-3,5-6,10,16-17H,4,7-9,11-12H2,1H3/t16-,17-/m0/s1. The number of rotatable bonds is 3. The predicted molar refractivity (Wildman–Crippen MR) is 89.9 cm³/mol. The molecule has 0 aliphatic carbocycles. The van der Waals surface area contributed by atoms with E-state index in [1.807, 2.05) is 29.4 Å². The fraction of sp³-hybridized carbons (Fsp3) is 0.500. The third-order valence-corrected chi connectivity index (χ3v) is 4.97. The molecule has 0 unspecified atom stereocenters. The summed E-state index contributed by atoms with van der Waals surface area (Å²) < 4.78 is 11.0. The number of carbonyl (C=O) groups excluding carboxylic acids is 1. The van der Waals surface area contributed by atoms with Gasteiger partial charge >= 0.3 is 0 Å². The molecule has 0 bridgehead atoms. The van der Waals surface area contributed by atoms with Crippen molar-refractivity contribution in [3.05, 3.63) is 47.6 Å². The minimum atomic E-state index is -0.0651. The van der Waals surface area contributed by atoms with E-state index >= 15 is 0 Å². The van der Waals surface area contributed by atoms with Gasteiger partial charge in [-0.15, -0.1) is 0 Å². The first-order valence-electron chi connectivity index (χ1n) is 8.68. The van der Waals surface area contributed by atoms with Crippen LogP contribution in [0, 0.1) is 6.92 Å². The third-order valence-electron chi connectivity index (χ3n) is 4.97. The number of pyridine rings is 1. The lowest BCUT2D eigenvalue weighted by Gasteiger charge is -2.47. The highest BCUT2D eigenvalue weighted by Gasteiger charge is 2.39. The minimum absolute atomic E-state index is 0.0651. The normalized spacial score (nSPS) is 24.1. The molecule has 7 heteroatoms. The topological polar surface area (TPSA) is 71.7 Å². The summed E-state index contributed by atoms with van der Waals surface area (Å²) in [4.78, 5) is 21.0. The number of hydrogen-bond donors (Lipinski definition) is 0. The van der Waals surface area contributed by atoms with Crippen molar-refractivity contribution in [3.8, 4) is 0 Å². The van der Waals surface area contributed by atoms with Gasteiger partial charge in [0.25, 0.3) is 5.91 Å². The molecule has 2 aromatic rings. The zero-order chi connectivity index (χ0) is 17.2. The van der Waals surface area contributed by atoms with Gasteiger partial charge in [0.2, 0.25) is 0 Å². The molecule has 0 spiro atoms. The molecular formula is C18H22N4O3. The van der Waals surface area contributed by atoms with Crippen LogP contribution in [0.1, 0.15) is 28.2 Å². The van der Waals surface area contributed by atoms with Gasteiger partial charge in [0, 0.05) is 44.6 Å². The number of piperidine rings is 1. The number of ether oxygens (including phenoxy) is 1. The number of nitrogens with zero attached hydrogens (tertiary/aromatic N) is 4. The van der Waals surface area contributed by atoms with Crippen molar-refractivity contribution in [2.24, 2.45) is 0 Å². The van der Waals surface area contributed by atoms with Crippen LogP contribution < -0.4 is 0 Å². The molecule has 2 aromatic heterocycles. The zero-order valence-corrected chi connectivity index (χ0v) is 14.3. The van der Waals surface area contributed by atoms with Gasteiger partial charge in [0.1, 0.15) is 5.76 Å². The molecular weight excluding hydrogens is 320 g/mol. The Morgan fingerprint density at radius 3 is 2.92 bits per heavy atom. The van der Waals surface area contributed by atoms with Crippen molar-refractivity contribution in [3.63, 3.8) is 0 Å². The summed E-state index contributed by atoms with van der Waals surface area (Å²) in [6, 6.07) is 5.97. The van der Waals surface area contributed by atoms with Crippen molar-refractivity contribution >= 4 is 5.91 Å². The number of morpholine rings is 1. The molecule has 2 saturated heterocycles. The second-order valence-corrected chi connectivity index (χ2v) is 6.67. The predicted octanol–water partition coefficient (Wildman–Crippen LogP) is 1.49. The summed E-state index contributed by atoms with van der Waals surface area (Å²) in [5.41, 5.74) is 1.61. The van der Waals surface area contributed by atoms with Crippen LogP contribution in [-0.4, -0.2) is 64.2 Å². The van der Waals surface area contributed by atoms with E-state index in [2.05, 4.69) is 15.0 Å². The molecule has 4 heterocycles. The lowest BCUT2D eigenvalue weighted by atomic mass is 9.97. The lowest BCUT2D eigenvalue weighted by Crippen LogP contribution is -2.60. The van der Waals surface area contributed by atoms with Gasteiger partial charge in [-0.2, -0.15) is 0 Å². The van der Waals surface area contributed by atoms with Crippen LogP contribution in [0.3, 0.4) is 0 Å². The Kier molecular flexibility index (Phi) is 4.50. The van der Waals surface area contributed by atoms with Crippen LogP contribution in [0.25, 0.3) is 0 Å². The van der Waals surface area contributed by atoms with E-state index in [1.54, 1.807) is 13.0 Å². The molecule has 0 N–H and O–H groups in total. The Hall–Kier alpha value is -2.25. The Labute approximate surface area is 146 Å². The maximum Gasteiger partial charge on any atom is 0.276 e. The molecule has 4 rings (SSSR count). The largest absolute Gasteiger partial charge is 0.375 e. The number of fused-ring (bicyclic) bond motifs is 1. The van der Waals surface area contributed by atoms with E-state index in [1.165, 1.54) is 5.56 Å². The smallest absolute Gasteiger partial charge is 0.276 e. The van der Waals surface area contributed by atoms with Crippen molar-refractivity contribution in [2.75, 3.05) is 26.2 Å². The van der Waals surface area contributed by atoms with Crippen LogP contribution in [0.15, 0.2) is 35.1 Å². The molecule has 2 aliphatic rings. The van der Waals surface area contributed by atoms with Crippen LogP contribution in [0.2, 0.25) is 0 Å². The Morgan fingerprint density at radius 1 is 1.32 bits per heavy atom. The average molecular weight is 342 g/mol. The van der Waals surface area contributed by atoms with Gasteiger partial charge in [0.05, 0.1) is 18.8 Å². The summed E-state index contributed by atoms with van der Waals surface area (Å²) in [5, 5.41) is 3.86. The molecule has 0 radical (unpaired) electrons. The molecule has 2 atom stereocenters. The second kappa shape index (κ2) is 6.93. The summed E-state index contributed by atoms with van der Waals surface area (Å²) in [6.07, 6.45) is 4.66. The highest BCUT2D eigenvalue weighted by Crippen LogP contribution is 2.25. The highest BCUT2D eigenvalue weighted by molar-refractivity contribution is 5.92. The molecule has 0 saturated carbocycles. The summed E-state index contributed by atoms with van der Waals surface area (Å²) in [6.45, 7) is 5.59. The summed E-state index contributed by atoms with van der Waals surface area (Å²) >= 11 is 0. The second-order valence-electron chi connectivity index (χ2n) is 6.67. The Balaban J connectivity index is 1.48. The van der Waals surface area contributed by atoms with Crippen molar-refractivity contribution in [1.29, 1.82) is 0 Å². The van der Waals surface area contributed by atoms with Crippen molar-refractivity contribution < 1.29 is 14.1 Å². The van der Waals surface area contributed by atoms with Gasteiger partial charge in [0.15, 0.2) is 5.69 Å². The van der Waals surface area contributed by atoms with E-state index in [4.69, 9.17) is 9.26 Å².